The van der Waals surface area contributed by atoms with Crippen molar-refractivity contribution in [3.05, 3.63) is 44.0 Å². The number of imide groups is 2. The fourth-order valence-electron chi connectivity index (χ4n) is 2.46. The lowest BCUT2D eigenvalue weighted by Crippen LogP contribution is -2.64. The summed E-state index contributed by atoms with van der Waals surface area (Å²) >= 11 is 0. The lowest BCUT2D eigenvalue weighted by molar-refractivity contribution is -0.394. The minimum atomic E-state index is -2.02. The van der Waals surface area contributed by atoms with Gasteiger partial charge in [0.2, 0.25) is 11.8 Å². The van der Waals surface area contributed by atoms with Crippen molar-refractivity contribution >= 4 is 29.2 Å². The number of carbonyl (C=O) groups excluding carboxylic acids is 3. The Morgan fingerprint density at radius 2 is 1.61 bits per heavy atom. The first-order chi connectivity index (χ1) is 10.7. The highest BCUT2D eigenvalue weighted by atomic mass is 16.6. The molecule has 2 rings (SSSR count). The second-order valence-corrected chi connectivity index (χ2v) is 4.71. The summed E-state index contributed by atoms with van der Waals surface area (Å²) in [7, 11) is 0. The Morgan fingerprint density at radius 3 is 2.04 bits per heavy atom. The van der Waals surface area contributed by atoms with E-state index in [9.17, 15) is 34.6 Å². The number of urea groups is 1. The molecule has 0 aliphatic carbocycles. The highest BCUT2D eigenvalue weighted by Gasteiger charge is 2.53. The van der Waals surface area contributed by atoms with Crippen LogP contribution in [-0.4, -0.2) is 27.7 Å². The molecule has 11 nitrogen and oxygen atoms in total. The van der Waals surface area contributed by atoms with Crippen LogP contribution in [0.15, 0.2) is 18.2 Å². The lowest BCUT2D eigenvalue weighted by atomic mass is 9.74. The quantitative estimate of drug-likeness (QED) is 0.463. The lowest BCUT2D eigenvalue weighted by Gasteiger charge is -2.32. The van der Waals surface area contributed by atoms with Gasteiger partial charge < -0.3 is 0 Å². The summed E-state index contributed by atoms with van der Waals surface area (Å²) in [5, 5.41) is 25.8. The van der Waals surface area contributed by atoms with Crippen molar-refractivity contribution in [2.45, 2.75) is 18.8 Å². The molecule has 1 saturated heterocycles. The molecule has 1 fully saturated rings. The Labute approximate surface area is 128 Å². The van der Waals surface area contributed by atoms with Gasteiger partial charge in [0.25, 0.3) is 11.4 Å². The fourth-order valence-corrected chi connectivity index (χ4v) is 2.46. The minimum Gasteiger partial charge on any atom is -0.277 e. The molecule has 1 aromatic carbocycles. The van der Waals surface area contributed by atoms with Gasteiger partial charge in [0.05, 0.1) is 21.5 Å². The van der Waals surface area contributed by atoms with Gasteiger partial charge in [0, 0.05) is 6.07 Å². The average Bonchev–Trinajstić information content (AvgIpc) is 2.47. The molecular formula is C12H10N4O7. The molecule has 1 heterocycles. The molecule has 11 heteroatoms. The molecule has 120 valence electrons. The SMILES string of the molecule is CCC1(c2ccc([N+](=O)[O-])cc2[N+](=O)[O-])C(=O)NC(=O)NC1=O. The number of hydrogen-bond donors (Lipinski definition) is 2. The molecule has 4 amide bonds. The molecule has 0 spiro atoms. The van der Waals surface area contributed by atoms with Gasteiger partial charge in [-0.25, -0.2) is 4.79 Å². The van der Waals surface area contributed by atoms with Crippen molar-refractivity contribution in [1.29, 1.82) is 0 Å². The van der Waals surface area contributed by atoms with E-state index in [1.807, 2.05) is 10.6 Å². The Morgan fingerprint density at radius 1 is 1.04 bits per heavy atom. The fraction of sp³-hybridized carbons (Fsp3) is 0.250. The van der Waals surface area contributed by atoms with Crippen LogP contribution in [0.2, 0.25) is 0 Å². The number of amides is 4. The summed E-state index contributed by atoms with van der Waals surface area (Å²) < 4.78 is 0. The average molecular weight is 322 g/mol. The van der Waals surface area contributed by atoms with E-state index in [0.29, 0.717) is 6.07 Å². The van der Waals surface area contributed by atoms with Crippen LogP contribution in [0.1, 0.15) is 18.9 Å². The summed E-state index contributed by atoms with van der Waals surface area (Å²) in [6.45, 7) is 1.43. The van der Waals surface area contributed by atoms with E-state index in [2.05, 4.69) is 0 Å². The van der Waals surface area contributed by atoms with E-state index < -0.39 is 44.5 Å². The number of barbiturate groups is 1. The number of carbonyl (C=O) groups is 3. The van der Waals surface area contributed by atoms with E-state index >= 15 is 0 Å². The van der Waals surface area contributed by atoms with Gasteiger partial charge in [-0.1, -0.05) is 6.92 Å². The molecule has 0 aromatic heterocycles. The zero-order valence-electron chi connectivity index (χ0n) is 11.7. The van der Waals surface area contributed by atoms with Crippen molar-refractivity contribution in [3.8, 4) is 0 Å². The van der Waals surface area contributed by atoms with Gasteiger partial charge in [0.15, 0.2) is 5.41 Å². The van der Waals surface area contributed by atoms with Gasteiger partial charge in [0.1, 0.15) is 0 Å². The molecule has 1 aliphatic heterocycles. The molecule has 0 saturated carbocycles. The molecule has 1 aliphatic rings. The van der Waals surface area contributed by atoms with Crippen LogP contribution in [0.5, 0.6) is 0 Å². The van der Waals surface area contributed by atoms with E-state index in [-0.39, 0.29) is 12.0 Å². The van der Waals surface area contributed by atoms with Gasteiger partial charge >= 0.3 is 6.03 Å². The predicted molar refractivity (Wildman–Crippen MR) is 73.4 cm³/mol. The Kier molecular flexibility index (Phi) is 3.79. The number of nitro benzene ring substituents is 2. The second kappa shape index (κ2) is 5.44. The second-order valence-electron chi connectivity index (χ2n) is 4.71. The van der Waals surface area contributed by atoms with Crippen molar-refractivity contribution in [2.24, 2.45) is 0 Å². The summed E-state index contributed by atoms with van der Waals surface area (Å²) in [6, 6.07) is 1.57. The molecule has 0 unspecified atom stereocenters. The third kappa shape index (κ3) is 2.37. The Balaban J connectivity index is 2.73. The van der Waals surface area contributed by atoms with Crippen LogP contribution >= 0.6 is 0 Å². The highest BCUT2D eigenvalue weighted by Crippen LogP contribution is 2.38. The zero-order valence-corrected chi connectivity index (χ0v) is 11.7. The normalized spacial score (nSPS) is 16.5. The number of benzene rings is 1. The number of rotatable bonds is 4. The summed E-state index contributed by atoms with van der Waals surface area (Å²) in [4.78, 5) is 55.9. The van der Waals surface area contributed by atoms with Gasteiger partial charge in [-0.2, -0.15) is 0 Å². The van der Waals surface area contributed by atoms with Crippen LogP contribution in [0, 0.1) is 20.2 Å². The monoisotopic (exact) mass is 322 g/mol. The predicted octanol–water partition coefficient (Wildman–Crippen LogP) is 0.517. The maximum Gasteiger partial charge on any atom is 0.328 e. The van der Waals surface area contributed by atoms with Crippen LogP contribution < -0.4 is 10.6 Å². The van der Waals surface area contributed by atoms with Crippen molar-refractivity contribution in [1.82, 2.24) is 10.6 Å². The number of hydrogen-bond acceptors (Lipinski definition) is 7. The summed E-state index contributed by atoms with van der Waals surface area (Å²) in [5.74, 6) is -2.04. The number of nitrogens with zero attached hydrogens (tertiary/aromatic N) is 2. The Bertz CT molecular complexity index is 738. The van der Waals surface area contributed by atoms with Gasteiger partial charge in [-0.3, -0.25) is 40.5 Å². The van der Waals surface area contributed by atoms with E-state index in [0.717, 1.165) is 12.1 Å². The van der Waals surface area contributed by atoms with Crippen LogP contribution in [0.3, 0.4) is 0 Å². The summed E-state index contributed by atoms with van der Waals surface area (Å²) in [6.07, 6.45) is -0.184. The zero-order chi connectivity index (χ0) is 17.4. The topological polar surface area (TPSA) is 162 Å². The van der Waals surface area contributed by atoms with Gasteiger partial charge in [-0.05, 0) is 12.5 Å². The number of nitro groups is 2. The van der Waals surface area contributed by atoms with E-state index in [1.54, 1.807) is 0 Å². The molecule has 0 atom stereocenters. The third-order valence-corrected chi connectivity index (χ3v) is 3.61. The van der Waals surface area contributed by atoms with Crippen molar-refractivity contribution in [3.63, 3.8) is 0 Å². The Hall–Kier alpha value is -3.37. The van der Waals surface area contributed by atoms with Crippen LogP contribution in [0.25, 0.3) is 0 Å². The third-order valence-electron chi connectivity index (χ3n) is 3.61. The molecule has 0 radical (unpaired) electrons. The first-order valence-corrected chi connectivity index (χ1v) is 6.34. The number of non-ortho nitro benzene ring substituents is 1. The van der Waals surface area contributed by atoms with Gasteiger partial charge in [-0.15, -0.1) is 0 Å². The standard InChI is InChI=1S/C12H10N4O7/c1-2-12(9(17)13-11(19)14-10(12)18)7-4-3-6(15(20)21)5-8(7)16(22)23/h3-5H,2H2,1H3,(H2,13,14,17,18,19). The summed E-state index contributed by atoms with van der Waals surface area (Å²) in [5.41, 5.74) is -3.65. The highest BCUT2D eigenvalue weighted by molar-refractivity contribution is 6.23. The largest absolute Gasteiger partial charge is 0.328 e. The van der Waals surface area contributed by atoms with Crippen molar-refractivity contribution < 1.29 is 24.2 Å². The number of nitrogens with one attached hydrogen (secondary N) is 2. The molecule has 23 heavy (non-hydrogen) atoms. The minimum absolute atomic E-state index is 0.184. The molecule has 2 N–H and O–H groups in total. The van der Waals surface area contributed by atoms with E-state index in [1.165, 1.54) is 6.92 Å². The molecule has 1 aromatic rings. The van der Waals surface area contributed by atoms with Crippen LogP contribution in [-0.2, 0) is 15.0 Å². The van der Waals surface area contributed by atoms with E-state index in [4.69, 9.17) is 0 Å². The molecule has 0 bridgehead atoms. The van der Waals surface area contributed by atoms with Crippen LogP contribution in [0.4, 0.5) is 16.2 Å². The smallest absolute Gasteiger partial charge is 0.277 e. The molecular weight excluding hydrogens is 312 g/mol. The first-order valence-electron chi connectivity index (χ1n) is 6.34. The maximum atomic E-state index is 12.2. The van der Waals surface area contributed by atoms with Crippen molar-refractivity contribution in [2.75, 3.05) is 0 Å². The maximum absolute atomic E-state index is 12.2. The first kappa shape index (κ1) is 16.0.